The lowest BCUT2D eigenvalue weighted by molar-refractivity contribution is 0.0238. The van der Waals surface area contributed by atoms with Crippen LogP contribution < -0.4 is 5.73 Å². The topological polar surface area (TPSA) is 75.8 Å². The molecule has 5 nitrogen and oxygen atoms in total. The second-order valence-corrected chi connectivity index (χ2v) is 5.30. The van der Waals surface area contributed by atoms with E-state index in [9.17, 15) is 9.90 Å². The van der Waals surface area contributed by atoms with Gasteiger partial charge in [-0.25, -0.2) is 4.79 Å². The van der Waals surface area contributed by atoms with Gasteiger partial charge in [0.15, 0.2) is 0 Å². The summed E-state index contributed by atoms with van der Waals surface area (Å²) in [6.45, 7) is 6.45. The van der Waals surface area contributed by atoms with Crippen LogP contribution in [0.25, 0.3) is 0 Å². The lowest BCUT2D eigenvalue weighted by Crippen LogP contribution is -2.46. The molecule has 1 aliphatic rings. The number of rotatable bonds is 0. The standard InChI is InChI=1S/C11H22N2O3/c1-11(2,3)16-10(15)13-6-4-5-9(14)8(12)7-13/h8-9,14H,4-7,12H2,1-3H3/t8-,9-/m1/s1. The first-order chi connectivity index (χ1) is 7.29. The van der Waals surface area contributed by atoms with Crippen molar-refractivity contribution in [3.8, 4) is 0 Å². The molecule has 0 unspecified atom stereocenters. The van der Waals surface area contributed by atoms with Crippen molar-refractivity contribution in [2.24, 2.45) is 5.73 Å². The molecule has 0 aromatic rings. The lowest BCUT2D eigenvalue weighted by Gasteiger charge is -2.27. The van der Waals surface area contributed by atoms with Crippen LogP contribution in [0.3, 0.4) is 0 Å². The van der Waals surface area contributed by atoms with E-state index in [1.807, 2.05) is 20.8 Å². The number of aliphatic hydroxyl groups is 1. The van der Waals surface area contributed by atoms with Gasteiger partial charge in [-0.3, -0.25) is 0 Å². The summed E-state index contributed by atoms with van der Waals surface area (Å²) in [6, 6.07) is -0.380. The summed E-state index contributed by atoms with van der Waals surface area (Å²) in [5, 5.41) is 9.59. The average molecular weight is 230 g/mol. The van der Waals surface area contributed by atoms with Crippen molar-refractivity contribution in [1.82, 2.24) is 4.90 Å². The number of nitrogens with zero attached hydrogens (tertiary/aromatic N) is 1. The highest BCUT2D eigenvalue weighted by Gasteiger charge is 2.28. The predicted octanol–water partition coefficient (Wildman–Crippen LogP) is 0.706. The van der Waals surface area contributed by atoms with Crippen LogP contribution in [0.1, 0.15) is 33.6 Å². The minimum Gasteiger partial charge on any atom is -0.444 e. The van der Waals surface area contributed by atoms with Crippen LogP contribution in [0, 0.1) is 0 Å². The van der Waals surface area contributed by atoms with Gasteiger partial charge in [0.1, 0.15) is 5.60 Å². The van der Waals surface area contributed by atoms with Crippen LogP contribution in [0.2, 0.25) is 0 Å². The van der Waals surface area contributed by atoms with E-state index < -0.39 is 11.7 Å². The van der Waals surface area contributed by atoms with Crippen LogP contribution in [0.5, 0.6) is 0 Å². The molecule has 2 atom stereocenters. The number of likely N-dealkylation sites (tertiary alicyclic amines) is 1. The molecule has 1 fully saturated rings. The second-order valence-electron chi connectivity index (χ2n) is 5.30. The van der Waals surface area contributed by atoms with Crippen LogP contribution in [-0.2, 0) is 4.74 Å². The van der Waals surface area contributed by atoms with Crippen LogP contribution in [-0.4, -0.2) is 46.9 Å². The maximum Gasteiger partial charge on any atom is 0.410 e. The molecular formula is C11H22N2O3. The Hall–Kier alpha value is -0.810. The van der Waals surface area contributed by atoms with E-state index in [1.54, 1.807) is 4.90 Å². The van der Waals surface area contributed by atoms with E-state index in [0.29, 0.717) is 19.5 Å². The van der Waals surface area contributed by atoms with Gasteiger partial charge in [-0.05, 0) is 33.6 Å². The summed E-state index contributed by atoms with van der Waals surface area (Å²) in [5.74, 6) is 0. The maximum atomic E-state index is 11.8. The van der Waals surface area contributed by atoms with E-state index >= 15 is 0 Å². The molecule has 1 aliphatic heterocycles. The highest BCUT2D eigenvalue weighted by molar-refractivity contribution is 5.68. The number of hydrogen-bond donors (Lipinski definition) is 2. The number of hydrogen-bond acceptors (Lipinski definition) is 4. The molecule has 3 N–H and O–H groups in total. The number of ether oxygens (including phenoxy) is 1. The Morgan fingerprint density at radius 1 is 1.50 bits per heavy atom. The highest BCUT2D eigenvalue weighted by atomic mass is 16.6. The fourth-order valence-corrected chi connectivity index (χ4v) is 1.67. The van der Waals surface area contributed by atoms with E-state index in [-0.39, 0.29) is 12.1 Å². The monoisotopic (exact) mass is 230 g/mol. The Kier molecular flexibility index (Phi) is 4.15. The van der Waals surface area contributed by atoms with E-state index in [4.69, 9.17) is 10.5 Å². The molecule has 94 valence electrons. The molecule has 1 heterocycles. The minimum absolute atomic E-state index is 0.350. The molecule has 0 aromatic carbocycles. The van der Waals surface area contributed by atoms with Gasteiger partial charge in [-0.15, -0.1) is 0 Å². The zero-order valence-electron chi connectivity index (χ0n) is 10.3. The van der Waals surface area contributed by atoms with E-state index in [1.165, 1.54) is 0 Å². The van der Waals surface area contributed by atoms with Crippen molar-refractivity contribution in [2.75, 3.05) is 13.1 Å². The Labute approximate surface area is 96.6 Å². The summed E-state index contributed by atoms with van der Waals surface area (Å²) in [4.78, 5) is 13.4. The van der Waals surface area contributed by atoms with Gasteiger partial charge in [0, 0.05) is 19.1 Å². The zero-order valence-corrected chi connectivity index (χ0v) is 10.3. The van der Waals surface area contributed by atoms with Crippen LogP contribution >= 0.6 is 0 Å². The Morgan fingerprint density at radius 2 is 2.12 bits per heavy atom. The SMILES string of the molecule is CC(C)(C)OC(=O)N1CCC[C@@H](O)[C@H](N)C1. The van der Waals surface area contributed by atoms with Gasteiger partial charge in [0.25, 0.3) is 0 Å². The van der Waals surface area contributed by atoms with Crippen LogP contribution in [0.15, 0.2) is 0 Å². The van der Waals surface area contributed by atoms with Gasteiger partial charge < -0.3 is 20.5 Å². The summed E-state index contributed by atoms with van der Waals surface area (Å²) in [7, 11) is 0. The molecule has 0 spiro atoms. The van der Waals surface area contributed by atoms with Gasteiger partial charge in [0.05, 0.1) is 6.10 Å². The van der Waals surface area contributed by atoms with E-state index in [2.05, 4.69) is 0 Å². The molecule has 5 heteroatoms. The fourth-order valence-electron chi connectivity index (χ4n) is 1.67. The number of aliphatic hydroxyl groups excluding tert-OH is 1. The first-order valence-corrected chi connectivity index (χ1v) is 5.71. The largest absolute Gasteiger partial charge is 0.444 e. The third-order valence-electron chi connectivity index (χ3n) is 2.51. The fraction of sp³-hybridized carbons (Fsp3) is 0.909. The minimum atomic E-state index is -0.521. The second kappa shape index (κ2) is 5.01. The van der Waals surface area contributed by atoms with Crippen molar-refractivity contribution >= 4 is 6.09 Å². The van der Waals surface area contributed by atoms with Gasteiger partial charge in [0.2, 0.25) is 0 Å². The normalized spacial score (nSPS) is 27.4. The summed E-state index contributed by atoms with van der Waals surface area (Å²) >= 11 is 0. The third kappa shape index (κ3) is 3.98. The van der Waals surface area contributed by atoms with Crippen molar-refractivity contribution in [3.63, 3.8) is 0 Å². The molecular weight excluding hydrogens is 208 g/mol. The smallest absolute Gasteiger partial charge is 0.410 e. The number of nitrogens with two attached hydrogens (primary N) is 1. The molecule has 1 rings (SSSR count). The quantitative estimate of drug-likeness (QED) is 0.642. The number of carbonyl (C=O) groups excluding carboxylic acids is 1. The summed E-state index contributed by atoms with van der Waals surface area (Å²) < 4.78 is 5.27. The molecule has 1 saturated heterocycles. The first kappa shape index (κ1) is 13.3. The van der Waals surface area contributed by atoms with Crippen molar-refractivity contribution in [3.05, 3.63) is 0 Å². The third-order valence-corrected chi connectivity index (χ3v) is 2.51. The molecule has 16 heavy (non-hydrogen) atoms. The Morgan fingerprint density at radius 3 is 2.69 bits per heavy atom. The average Bonchev–Trinajstić information content (AvgIpc) is 2.27. The van der Waals surface area contributed by atoms with Gasteiger partial charge >= 0.3 is 6.09 Å². The molecule has 0 aromatic heterocycles. The van der Waals surface area contributed by atoms with Crippen molar-refractivity contribution in [2.45, 2.75) is 51.4 Å². The number of carbonyl (C=O) groups is 1. The Bertz CT molecular complexity index is 250. The maximum absolute atomic E-state index is 11.8. The predicted molar refractivity (Wildman–Crippen MR) is 61.0 cm³/mol. The highest BCUT2D eigenvalue weighted by Crippen LogP contribution is 2.14. The number of amides is 1. The van der Waals surface area contributed by atoms with Crippen molar-refractivity contribution in [1.29, 1.82) is 0 Å². The van der Waals surface area contributed by atoms with Crippen molar-refractivity contribution < 1.29 is 14.6 Å². The van der Waals surface area contributed by atoms with E-state index in [0.717, 1.165) is 6.42 Å². The Balaban J connectivity index is 2.56. The molecule has 0 radical (unpaired) electrons. The first-order valence-electron chi connectivity index (χ1n) is 5.71. The molecule has 0 saturated carbocycles. The molecule has 0 bridgehead atoms. The van der Waals surface area contributed by atoms with Gasteiger partial charge in [-0.1, -0.05) is 0 Å². The van der Waals surface area contributed by atoms with Gasteiger partial charge in [-0.2, -0.15) is 0 Å². The molecule has 0 aliphatic carbocycles. The summed E-state index contributed by atoms with van der Waals surface area (Å²) in [5.41, 5.74) is 5.28. The lowest BCUT2D eigenvalue weighted by atomic mass is 10.1. The summed E-state index contributed by atoms with van der Waals surface area (Å²) in [6.07, 6.45) is 0.527. The van der Waals surface area contributed by atoms with Crippen LogP contribution in [0.4, 0.5) is 4.79 Å². The molecule has 1 amide bonds. The zero-order chi connectivity index (χ0) is 12.3.